The molecule has 0 fully saturated rings. The second-order valence-corrected chi connectivity index (χ2v) is 7.57. The fourth-order valence-corrected chi connectivity index (χ4v) is 4.23. The van der Waals surface area contributed by atoms with E-state index >= 15 is 0 Å². The van der Waals surface area contributed by atoms with Crippen LogP contribution in [0.1, 0.15) is 14.7 Å². The van der Waals surface area contributed by atoms with Crippen molar-refractivity contribution in [2.75, 3.05) is 0 Å². The van der Waals surface area contributed by atoms with Gasteiger partial charge in [-0.1, -0.05) is 17.3 Å². The maximum atomic E-state index is 12.5. The van der Waals surface area contributed by atoms with E-state index in [2.05, 4.69) is 15.3 Å². The number of rotatable bonds is 4. The highest BCUT2D eigenvalue weighted by molar-refractivity contribution is 7.18. The topological polar surface area (TPSA) is 60.7 Å². The molecule has 0 bridgehead atoms. The minimum absolute atomic E-state index is 0.367. The SMILES string of the molecule is O=C(c1ccc(-c2cn(Cc3nc4ccccc4s3)nn2)s1)C(F)(F)F. The van der Waals surface area contributed by atoms with Gasteiger partial charge in [-0.05, 0) is 24.3 Å². The largest absolute Gasteiger partial charge is 0.455 e. The zero-order chi connectivity index (χ0) is 18.3. The van der Waals surface area contributed by atoms with Crippen LogP contribution in [-0.4, -0.2) is 31.9 Å². The summed E-state index contributed by atoms with van der Waals surface area (Å²) < 4.78 is 40.1. The zero-order valence-electron chi connectivity index (χ0n) is 12.9. The third-order valence-electron chi connectivity index (χ3n) is 3.51. The number of Topliss-reactive ketones (excluding diaryl/α,β-unsaturated/α-hetero) is 1. The summed E-state index contributed by atoms with van der Waals surface area (Å²) in [6.45, 7) is 0.409. The van der Waals surface area contributed by atoms with E-state index in [4.69, 9.17) is 0 Å². The zero-order valence-corrected chi connectivity index (χ0v) is 14.5. The molecule has 4 rings (SSSR count). The van der Waals surface area contributed by atoms with E-state index in [9.17, 15) is 18.0 Å². The number of nitrogens with zero attached hydrogens (tertiary/aromatic N) is 4. The predicted molar refractivity (Wildman–Crippen MR) is 92.4 cm³/mol. The number of ketones is 1. The normalized spacial score (nSPS) is 12.0. The predicted octanol–water partition coefficient (Wildman–Crippen LogP) is 4.41. The lowest BCUT2D eigenvalue weighted by molar-refractivity contribution is -0.0882. The number of benzene rings is 1. The molecule has 132 valence electrons. The van der Waals surface area contributed by atoms with Crippen molar-refractivity contribution >= 4 is 38.7 Å². The van der Waals surface area contributed by atoms with E-state index < -0.39 is 12.0 Å². The summed E-state index contributed by atoms with van der Waals surface area (Å²) in [6, 6.07) is 10.4. The van der Waals surface area contributed by atoms with Gasteiger partial charge in [-0.3, -0.25) is 4.79 Å². The van der Waals surface area contributed by atoms with Gasteiger partial charge >= 0.3 is 6.18 Å². The average Bonchev–Trinajstić information content (AvgIpc) is 3.31. The van der Waals surface area contributed by atoms with Crippen molar-refractivity contribution < 1.29 is 18.0 Å². The highest BCUT2D eigenvalue weighted by Gasteiger charge is 2.40. The molecule has 0 aliphatic rings. The van der Waals surface area contributed by atoms with E-state index in [0.717, 1.165) is 32.6 Å². The summed E-state index contributed by atoms with van der Waals surface area (Å²) in [5.41, 5.74) is 1.32. The maximum Gasteiger partial charge on any atom is 0.455 e. The maximum absolute atomic E-state index is 12.5. The van der Waals surface area contributed by atoms with Gasteiger partial charge in [0.2, 0.25) is 0 Å². The summed E-state index contributed by atoms with van der Waals surface area (Å²) in [5, 5.41) is 8.82. The summed E-state index contributed by atoms with van der Waals surface area (Å²) >= 11 is 2.29. The molecule has 0 saturated carbocycles. The number of halogens is 3. The molecule has 4 aromatic rings. The molecule has 0 atom stereocenters. The minimum Gasteiger partial charge on any atom is -0.283 e. The van der Waals surface area contributed by atoms with Crippen molar-refractivity contribution in [3.8, 4) is 10.6 Å². The summed E-state index contributed by atoms with van der Waals surface area (Å²) in [7, 11) is 0. The number of carbonyl (C=O) groups excluding carboxylic acids is 1. The molecule has 0 radical (unpaired) electrons. The van der Waals surface area contributed by atoms with Crippen LogP contribution in [0, 0.1) is 0 Å². The molecule has 10 heteroatoms. The summed E-state index contributed by atoms with van der Waals surface area (Å²) in [4.78, 5) is 15.9. The first kappa shape index (κ1) is 16.9. The average molecular weight is 394 g/mol. The lowest BCUT2D eigenvalue weighted by Gasteiger charge is -2.01. The number of carbonyl (C=O) groups is 1. The molecule has 3 aromatic heterocycles. The Morgan fingerprint density at radius 3 is 2.69 bits per heavy atom. The number of hydrogen-bond acceptors (Lipinski definition) is 6. The molecule has 0 aliphatic carbocycles. The molecule has 0 spiro atoms. The van der Waals surface area contributed by atoms with Gasteiger partial charge in [0, 0.05) is 0 Å². The number of thiophene rings is 1. The van der Waals surface area contributed by atoms with Crippen molar-refractivity contribution in [2.24, 2.45) is 0 Å². The van der Waals surface area contributed by atoms with E-state index in [-0.39, 0.29) is 4.88 Å². The Kier molecular flexibility index (Phi) is 4.08. The lowest BCUT2D eigenvalue weighted by atomic mass is 10.3. The Bertz CT molecular complexity index is 1060. The standard InChI is InChI=1S/C16H9F3N4OS2/c17-16(18,19)15(24)13-6-5-12(25-13)10-7-23(22-21-10)8-14-20-9-3-1-2-4-11(9)26-14/h1-7H,8H2. The summed E-state index contributed by atoms with van der Waals surface area (Å²) in [5.74, 6) is -1.85. The van der Waals surface area contributed by atoms with Crippen molar-refractivity contribution in [3.05, 3.63) is 52.5 Å². The van der Waals surface area contributed by atoms with Crippen LogP contribution < -0.4 is 0 Å². The van der Waals surface area contributed by atoms with Crippen molar-refractivity contribution in [2.45, 2.75) is 12.7 Å². The first-order chi connectivity index (χ1) is 12.4. The van der Waals surface area contributed by atoms with Crippen molar-refractivity contribution in [1.29, 1.82) is 0 Å². The van der Waals surface area contributed by atoms with Gasteiger partial charge < -0.3 is 0 Å². The molecule has 1 aromatic carbocycles. The van der Waals surface area contributed by atoms with Crippen molar-refractivity contribution in [3.63, 3.8) is 0 Å². The van der Waals surface area contributed by atoms with Crippen LogP contribution in [0.4, 0.5) is 13.2 Å². The molecular weight excluding hydrogens is 385 g/mol. The monoisotopic (exact) mass is 394 g/mol. The van der Waals surface area contributed by atoms with Gasteiger partial charge in [0.05, 0.1) is 32.7 Å². The van der Waals surface area contributed by atoms with Crippen LogP contribution in [0.5, 0.6) is 0 Å². The molecule has 0 N–H and O–H groups in total. The Balaban J connectivity index is 1.55. The van der Waals surface area contributed by atoms with Crippen LogP contribution in [0.2, 0.25) is 0 Å². The quantitative estimate of drug-likeness (QED) is 0.481. The Hall–Kier alpha value is -2.59. The van der Waals surface area contributed by atoms with Crippen LogP contribution in [0.15, 0.2) is 42.6 Å². The number of para-hydroxylation sites is 1. The van der Waals surface area contributed by atoms with E-state index in [0.29, 0.717) is 17.1 Å². The highest BCUT2D eigenvalue weighted by atomic mass is 32.1. The first-order valence-corrected chi connectivity index (χ1v) is 9.00. The van der Waals surface area contributed by atoms with Crippen LogP contribution in [0.3, 0.4) is 0 Å². The first-order valence-electron chi connectivity index (χ1n) is 7.36. The third kappa shape index (κ3) is 3.25. The Morgan fingerprint density at radius 1 is 1.12 bits per heavy atom. The fourth-order valence-electron chi connectivity index (χ4n) is 2.35. The van der Waals surface area contributed by atoms with E-state index in [1.165, 1.54) is 6.07 Å². The van der Waals surface area contributed by atoms with Crippen molar-refractivity contribution in [1.82, 2.24) is 20.0 Å². The number of alkyl halides is 3. The molecule has 5 nitrogen and oxygen atoms in total. The van der Waals surface area contributed by atoms with Crippen LogP contribution in [0.25, 0.3) is 20.8 Å². The third-order valence-corrected chi connectivity index (χ3v) is 5.64. The van der Waals surface area contributed by atoms with Gasteiger partial charge in [0.1, 0.15) is 10.7 Å². The number of hydrogen-bond donors (Lipinski definition) is 0. The van der Waals surface area contributed by atoms with Crippen LogP contribution in [-0.2, 0) is 6.54 Å². The second-order valence-electron chi connectivity index (χ2n) is 5.37. The molecule has 0 unspecified atom stereocenters. The minimum atomic E-state index is -4.88. The molecule has 0 saturated heterocycles. The number of fused-ring (bicyclic) bond motifs is 1. The number of aromatic nitrogens is 4. The summed E-state index contributed by atoms with van der Waals surface area (Å²) in [6.07, 6.45) is -3.26. The molecule has 26 heavy (non-hydrogen) atoms. The van der Waals surface area contributed by atoms with Crippen LogP contribution >= 0.6 is 22.7 Å². The fraction of sp³-hybridized carbons (Fsp3) is 0.125. The Morgan fingerprint density at radius 2 is 1.92 bits per heavy atom. The number of thiazole rings is 1. The van der Waals surface area contributed by atoms with Gasteiger partial charge in [-0.25, -0.2) is 9.67 Å². The molecule has 0 amide bonds. The van der Waals surface area contributed by atoms with Gasteiger partial charge in [-0.2, -0.15) is 13.2 Å². The molecule has 0 aliphatic heterocycles. The highest BCUT2D eigenvalue weighted by Crippen LogP contribution is 2.31. The Labute approximate surface area is 152 Å². The lowest BCUT2D eigenvalue weighted by Crippen LogP contribution is -2.21. The van der Waals surface area contributed by atoms with E-state index in [1.54, 1.807) is 22.2 Å². The smallest absolute Gasteiger partial charge is 0.283 e. The van der Waals surface area contributed by atoms with Gasteiger partial charge in [0.25, 0.3) is 5.78 Å². The van der Waals surface area contributed by atoms with Gasteiger partial charge in [-0.15, -0.1) is 27.8 Å². The molecular formula is C16H9F3N4OS2. The van der Waals surface area contributed by atoms with E-state index in [1.807, 2.05) is 24.3 Å². The van der Waals surface area contributed by atoms with Gasteiger partial charge in [0.15, 0.2) is 0 Å². The molecule has 3 heterocycles. The second kappa shape index (κ2) is 6.29.